The predicted molar refractivity (Wildman–Crippen MR) is 71.4 cm³/mol. The Kier molecular flexibility index (Phi) is 3.10. The number of aryl methyl sites for hydroxylation is 2. The first kappa shape index (κ1) is 11.6. The summed E-state index contributed by atoms with van der Waals surface area (Å²) in [4.78, 5) is 11.6. The van der Waals surface area contributed by atoms with E-state index in [0.717, 1.165) is 16.7 Å². The van der Waals surface area contributed by atoms with Crippen LogP contribution in [-0.2, 0) is 0 Å². The zero-order valence-electron chi connectivity index (χ0n) is 10.4. The van der Waals surface area contributed by atoms with E-state index in [1.165, 1.54) is 11.1 Å². The molecule has 0 aliphatic carbocycles. The lowest BCUT2D eigenvalue weighted by atomic mass is 9.95. The zero-order chi connectivity index (χ0) is 12.4. The molecule has 0 aliphatic rings. The van der Waals surface area contributed by atoms with E-state index in [2.05, 4.69) is 25.1 Å². The molecule has 0 N–H and O–H groups in total. The van der Waals surface area contributed by atoms with Gasteiger partial charge < -0.3 is 0 Å². The van der Waals surface area contributed by atoms with Gasteiger partial charge in [-0.1, -0.05) is 53.6 Å². The van der Waals surface area contributed by atoms with Gasteiger partial charge in [-0.2, -0.15) is 0 Å². The van der Waals surface area contributed by atoms with Crippen LogP contribution < -0.4 is 0 Å². The van der Waals surface area contributed by atoms with Crippen molar-refractivity contribution in [1.82, 2.24) is 0 Å². The Labute approximate surface area is 102 Å². The second kappa shape index (κ2) is 4.54. The van der Waals surface area contributed by atoms with Gasteiger partial charge in [-0.05, 0) is 31.9 Å². The molecule has 0 amide bonds. The molecule has 0 saturated heterocycles. The molecule has 86 valence electrons. The first-order valence-electron chi connectivity index (χ1n) is 5.76. The summed E-state index contributed by atoms with van der Waals surface area (Å²) in [7, 11) is 0. The van der Waals surface area contributed by atoms with Crippen LogP contribution in [0.3, 0.4) is 0 Å². The van der Waals surface area contributed by atoms with Crippen molar-refractivity contribution in [2.45, 2.75) is 20.8 Å². The highest BCUT2D eigenvalue weighted by atomic mass is 16.1. The minimum Gasteiger partial charge on any atom is -0.294 e. The van der Waals surface area contributed by atoms with E-state index < -0.39 is 0 Å². The van der Waals surface area contributed by atoms with Crippen molar-refractivity contribution >= 4 is 5.78 Å². The predicted octanol–water partition coefficient (Wildman–Crippen LogP) is 4.17. The smallest absolute Gasteiger partial charge is 0.160 e. The Morgan fingerprint density at radius 2 is 1.65 bits per heavy atom. The van der Waals surface area contributed by atoms with Gasteiger partial charge in [0.15, 0.2) is 5.78 Å². The monoisotopic (exact) mass is 224 g/mol. The highest BCUT2D eigenvalue weighted by molar-refractivity contribution is 6.01. The van der Waals surface area contributed by atoms with Gasteiger partial charge in [0.1, 0.15) is 0 Å². The van der Waals surface area contributed by atoms with E-state index in [-0.39, 0.29) is 5.78 Å². The van der Waals surface area contributed by atoms with Crippen molar-refractivity contribution in [1.29, 1.82) is 0 Å². The van der Waals surface area contributed by atoms with Gasteiger partial charge >= 0.3 is 0 Å². The molecule has 1 heteroatoms. The van der Waals surface area contributed by atoms with Gasteiger partial charge in [0.05, 0.1) is 0 Å². The highest BCUT2D eigenvalue weighted by Gasteiger charge is 2.09. The van der Waals surface area contributed by atoms with E-state index in [1.807, 2.05) is 31.2 Å². The zero-order valence-corrected chi connectivity index (χ0v) is 10.4. The number of rotatable bonds is 2. The summed E-state index contributed by atoms with van der Waals surface area (Å²) in [6.45, 7) is 5.72. The summed E-state index contributed by atoms with van der Waals surface area (Å²) in [6, 6.07) is 14.2. The van der Waals surface area contributed by atoms with Crippen molar-refractivity contribution in [2.75, 3.05) is 0 Å². The molecule has 2 aromatic carbocycles. The fourth-order valence-electron chi connectivity index (χ4n) is 2.02. The van der Waals surface area contributed by atoms with Crippen LogP contribution in [0.15, 0.2) is 42.5 Å². The molecule has 1 nitrogen and oxygen atoms in total. The SMILES string of the molecule is CC(=O)c1ccc(C)cc1-c1cccc(C)c1. The third kappa shape index (κ3) is 2.44. The molecule has 17 heavy (non-hydrogen) atoms. The van der Waals surface area contributed by atoms with Gasteiger partial charge in [0.2, 0.25) is 0 Å². The molecule has 0 aliphatic heterocycles. The maximum atomic E-state index is 11.6. The van der Waals surface area contributed by atoms with Crippen molar-refractivity contribution in [2.24, 2.45) is 0 Å². The average Bonchev–Trinajstić information content (AvgIpc) is 2.28. The lowest BCUT2D eigenvalue weighted by Gasteiger charge is -2.09. The lowest BCUT2D eigenvalue weighted by molar-refractivity contribution is 0.101. The van der Waals surface area contributed by atoms with E-state index in [0.29, 0.717) is 0 Å². The molecule has 0 aromatic heterocycles. The van der Waals surface area contributed by atoms with E-state index in [4.69, 9.17) is 0 Å². The normalized spacial score (nSPS) is 10.3. The lowest BCUT2D eigenvalue weighted by Crippen LogP contribution is -1.96. The fraction of sp³-hybridized carbons (Fsp3) is 0.188. The highest BCUT2D eigenvalue weighted by Crippen LogP contribution is 2.26. The fourth-order valence-corrected chi connectivity index (χ4v) is 2.02. The number of Topliss-reactive ketones (excluding diaryl/α,β-unsaturated/α-hetero) is 1. The summed E-state index contributed by atoms with van der Waals surface area (Å²) >= 11 is 0. The second-order valence-corrected chi connectivity index (χ2v) is 4.47. The molecule has 0 unspecified atom stereocenters. The van der Waals surface area contributed by atoms with Gasteiger partial charge in [-0.15, -0.1) is 0 Å². The quantitative estimate of drug-likeness (QED) is 0.699. The van der Waals surface area contributed by atoms with Gasteiger partial charge in [0, 0.05) is 5.56 Å². The Morgan fingerprint density at radius 3 is 2.29 bits per heavy atom. The molecule has 0 bridgehead atoms. The minimum atomic E-state index is 0.113. The van der Waals surface area contributed by atoms with Crippen molar-refractivity contribution in [3.63, 3.8) is 0 Å². The number of carbonyl (C=O) groups is 1. The maximum absolute atomic E-state index is 11.6. The minimum absolute atomic E-state index is 0.113. The summed E-state index contributed by atoms with van der Waals surface area (Å²) < 4.78 is 0. The number of hydrogen-bond donors (Lipinski definition) is 0. The van der Waals surface area contributed by atoms with Crippen LogP contribution in [-0.4, -0.2) is 5.78 Å². The molecule has 0 atom stereocenters. The van der Waals surface area contributed by atoms with Crippen LogP contribution in [0.4, 0.5) is 0 Å². The van der Waals surface area contributed by atoms with E-state index >= 15 is 0 Å². The largest absolute Gasteiger partial charge is 0.294 e. The van der Waals surface area contributed by atoms with Crippen LogP contribution in [0.2, 0.25) is 0 Å². The van der Waals surface area contributed by atoms with Crippen LogP contribution in [0, 0.1) is 13.8 Å². The Morgan fingerprint density at radius 1 is 0.941 bits per heavy atom. The van der Waals surface area contributed by atoms with Crippen LogP contribution in [0.5, 0.6) is 0 Å². The Balaban J connectivity index is 2.65. The van der Waals surface area contributed by atoms with Crippen LogP contribution >= 0.6 is 0 Å². The van der Waals surface area contributed by atoms with E-state index in [9.17, 15) is 4.79 Å². The third-order valence-corrected chi connectivity index (χ3v) is 2.88. The van der Waals surface area contributed by atoms with Gasteiger partial charge in [0.25, 0.3) is 0 Å². The molecule has 0 heterocycles. The first-order valence-corrected chi connectivity index (χ1v) is 5.76. The number of ketones is 1. The molecule has 0 saturated carbocycles. The maximum Gasteiger partial charge on any atom is 0.160 e. The summed E-state index contributed by atoms with van der Waals surface area (Å²) in [5.74, 6) is 0.113. The molecular weight excluding hydrogens is 208 g/mol. The van der Waals surface area contributed by atoms with Crippen LogP contribution in [0.25, 0.3) is 11.1 Å². The second-order valence-electron chi connectivity index (χ2n) is 4.47. The topological polar surface area (TPSA) is 17.1 Å². The van der Waals surface area contributed by atoms with Gasteiger partial charge in [-0.25, -0.2) is 0 Å². The van der Waals surface area contributed by atoms with E-state index in [1.54, 1.807) is 6.92 Å². The molecule has 0 radical (unpaired) electrons. The average molecular weight is 224 g/mol. The Bertz CT molecular complexity index is 567. The number of benzene rings is 2. The van der Waals surface area contributed by atoms with Crippen molar-refractivity contribution < 1.29 is 4.79 Å². The summed E-state index contributed by atoms with van der Waals surface area (Å²) in [5.41, 5.74) is 5.31. The summed E-state index contributed by atoms with van der Waals surface area (Å²) in [5, 5.41) is 0. The number of carbonyl (C=O) groups excluding carboxylic acids is 1. The first-order chi connectivity index (χ1) is 8.08. The molecular formula is C16H16O. The summed E-state index contributed by atoms with van der Waals surface area (Å²) in [6.07, 6.45) is 0. The standard InChI is InChI=1S/C16H16O/c1-11-5-4-6-14(9-11)16-10-12(2)7-8-15(16)13(3)17/h4-10H,1-3H3. The Hall–Kier alpha value is -1.89. The molecule has 0 spiro atoms. The van der Waals surface area contributed by atoms with Crippen molar-refractivity contribution in [3.8, 4) is 11.1 Å². The molecule has 0 fully saturated rings. The number of hydrogen-bond acceptors (Lipinski definition) is 1. The third-order valence-electron chi connectivity index (χ3n) is 2.88. The van der Waals surface area contributed by atoms with Crippen molar-refractivity contribution in [3.05, 3.63) is 59.2 Å². The molecule has 2 rings (SSSR count). The van der Waals surface area contributed by atoms with Crippen LogP contribution in [0.1, 0.15) is 28.4 Å². The molecule has 2 aromatic rings. The van der Waals surface area contributed by atoms with Gasteiger partial charge in [-0.3, -0.25) is 4.79 Å².